The first-order chi connectivity index (χ1) is 14.1. The molecule has 0 atom stereocenters. The first-order valence-corrected chi connectivity index (χ1v) is 9.41. The summed E-state index contributed by atoms with van der Waals surface area (Å²) in [4.78, 5) is 16.1. The second-order valence-corrected chi connectivity index (χ2v) is 6.77. The Labute approximate surface area is 171 Å². The van der Waals surface area contributed by atoms with E-state index in [0.717, 1.165) is 0 Å². The molecule has 0 saturated carbocycles. The van der Waals surface area contributed by atoms with Crippen molar-refractivity contribution in [2.45, 2.75) is 19.4 Å². The molecule has 4 rings (SSSR count). The van der Waals surface area contributed by atoms with Crippen LogP contribution in [-0.4, -0.2) is 24.2 Å². The van der Waals surface area contributed by atoms with Gasteiger partial charge in [-0.2, -0.15) is 0 Å². The first-order valence-electron chi connectivity index (χ1n) is 9.03. The van der Waals surface area contributed by atoms with Crippen molar-refractivity contribution in [2.75, 3.05) is 13.2 Å². The number of esters is 1. The van der Waals surface area contributed by atoms with Crippen molar-refractivity contribution in [2.24, 2.45) is 0 Å². The van der Waals surface area contributed by atoms with Crippen molar-refractivity contribution in [3.63, 3.8) is 0 Å². The molecular formula is C21H17ClFNO5. The van der Waals surface area contributed by atoms with Gasteiger partial charge in [-0.05, 0) is 29.8 Å². The molecule has 2 heterocycles. The molecule has 1 aromatic heterocycles. The van der Waals surface area contributed by atoms with Gasteiger partial charge in [0.2, 0.25) is 0 Å². The molecule has 0 bridgehead atoms. The van der Waals surface area contributed by atoms with E-state index in [4.69, 9.17) is 30.2 Å². The molecule has 0 spiro atoms. The van der Waals surface area contributed by atoms with Crippen LogP contribution in [0, 0.1) is 5.82 Å². The van der Waals surface area contributed by atoms with Gasteiger partial charge in [-0.1, -0.05) is 23.7 Å². The first kappa shape index (κ1) is 19.3. The molecule has 0 aliphatic carbocycles. The summed E-state index contributed by atoms with van der Waals surface area (Å²) in [6, 6.07) is 9.67. The van der Waals surface area contributed by atoms with Crippen molar-refractivity contribution in [1.29, 1.82) is 0 Å². The largest absolute Gasteiger partial charge is 0.486 e. The Morgan fingerprint density at radius 2 is 2.03 bits per heavy atom. The quantitative estimate of drug-likeness (QED) is 0.547. The van der Waals surface area contributed by atoms with Crippen LogP contribution in [0.4, 0.5) is 4.39 Å². The van der Waals surface area contributed by atoms with Gasteiger partial charge in [0.15, 0.2) is 23.1 Å². The molecule has 29 heavy (non-hydrogen) atoms. The average Bonchev–Trinajstić information content (AvgIpc) is 3.20. The SMILES string of the molecule is O=C(CCc1ncc(-c2ccccc2F)o1)OCc1cc(Cl)c2c(c1)OCCO2. The fourth-order valence-corrected chi connectivity index (χ4v) is 3.19. The number of hydrogen-bond donors (Lipinski definition) is 0. The topological polar surface area (TPSA) is 70.8 Å². The maximum absolute atomic E-state index is 13.8. The highest BCUT2D eigenvalue weighted by Gasteiger charge is 2.17. The molecule has 0 amide bonds. The average molecular weight is 418 g/mol. The zero-order chi connectivity index (χ0) is 20.2. The molecule has 0 radical (unpaired) electrons. The van der Waals surface area contributed by atoms with Gasteiger partial charge < -0.3 is 18.6 Å². The Bertz CT molecular complexity index is 1040. The molecule has 3 aromatic rings. The van der Waals surface area contributed by atoms with E-state index in [9.17, 15) is 9.18 Å². The van der Waals surface area contributed by atoms with Gasteiger partial charge in [0.1, 0.15) is 25.6 Å². The third kappa shape index (κ3) is 4.51. The lowest BCUT2D eigenvalue weighted by molar-refractivity contribution is -0.145. The van der Waals surface area contributed by atoms with Crippen LogP contribution in [-0.2, 0) is 22.6 Å². The lowest BCUT2D eigenvalue weighted by Crippen LogP contribution is -2.16. The highest BCUT2D eigenvalue weighted by molar-refractivity contribution is 6.32. The number of aromatic nitrogens is 1. The van der Waals surface area contributed by atoms with E-state index in [-0.39, 0.29) is 19.4 Å². The number of hydrogen-bond acceptors (Lipinski definition) is 6. The Morgan fingerprint density at radius 1 is 1.21 bits per heavy atom. The van der Waals surface area contributed by atoms with Crippen LogP contribution >= 0.6 is 11.6 Å². The molecule has 8 heteroatoms. The third-order valence-electron chi connectivity index (χ3n) is 4.29. The summed E-state index contributed by atoms with van der Waals surface area (Å²) in [7, 11) is 0. The number of ether oxygens (including phenoxy) is 3. The number of carbonyl (C=O) groups excluding carboxylic acids is 1. The highest BCUT2D eigenvalue weighted by Crippen LogP contribution is 2.38. The highest BCUT2D eigenvalue weighted by atomic mass is 35.5. The zero-order valence-electron chi connectivity index (χ0n) is 15.3. The number of nitrogens with zero attached hydrogens (tertiary/aromatic N) is 1. The molecule has 1 aliphatic heterocycles. The van der Waals surface area contributed by atoms with Crippen molar-refractivity contribution < 1.29 is 27.8 Å². The summed E-state index contributed by atoms with van der Waals surface area (Å²) >= 11 is 6.17. The summed E-state index contributed by atoms with van der Waals surface area (Å²) < 4.78 is 35.6. The van der Waals surface area contributed by atoms with E-state index >= 15 is 0 Å². The molecular weight excluding hydrogens is 401 g/mol. The Balaban J connectivity index is 1.31. The molecule has 6 nitrogen and oxygen atoms in total. The number of rotatable bonds is 6. The van der Waals surface area contributed by atoms with Gasteiger partial charge >= 0.3 is 5.97 Å². The minimum atomic E-state index is -0.415. The lowest BCUT2D eigenvalue weighted by Gasteiger charge is -2.20. The van der Waals surface area contributed by atoms with Crippen LogP contribution in [0.15, 0.2) is 47.0 Å². The maximum atomic E-state index is 13.8. The minimum Gasteiger partial charge on any atom is -0.486 e. The van der Waals surface area contributed by atoms with Crippen LogP contribution in [0.1, 0.15) is 17.9 Å². The number of oxazole rings is 1. The van der Waals surface area contributed by atoms with Crippen molar-refractivity contribution in [3.05, 3.63) is 64.9 Å². The van der Waals surface area contributed by atoms with Crippen LogP contribution in [0.3, 0.4) is 0 Å². The van der Waals surface area contributed by atoms with Crippen molar-refractivity contribution >= 4 is 17.6 Å². The molecule has 0 unspecified atom stereocenters. The molecule has 150 valence electrons. The summed E-state index contributed by atoms with van der Waals surface area (Å²) in [6.45, 7) is 0.944. The summed E-state index contributed by atoms with van der Waals surface area (Å²) in [6.07, 6.45) is 1.76. The van der Waals surface area contributed by atoms with Crippen LogP contribution in [0.25, 0.3) is 11.3 Å². The number of carbonyl (C=O) groups is 1. The summed E-state index contributed by atoms with van der Waals surface area (Å²) in [5.74, 6) is 0.882. The van der Waals surface area contributed by atoms with E-state index in [1.54, 1.807) is 30.3 Å². The minimum absolute atomic E-state index is 0.0568. The monoisotopic (exact) mass is 417 g/mol. The fourth-order valence-electron chi connectivity index (χ4n) is 2.90. The number of halogens is 2. The predicted molar refractivity (Wildman–Crippen MR) is 102 cm³/mol. The summed E-state index contributed by atoms with van der Waals surface area (Å²) in [5, 5.41) is 0.411. The molecule has 0 N–H and O–H groups in total. The van der Waals surface area contributed by atoms with Gasteiger partial charge in [0, 0.05) is 6.42 Å². The fraction of sp³-hybridized carbons (Fsp3) is 0.238. The van der Waals surface area contributed by atoms with Crippen molar-refractivity contribution in [3.8, 4) is 22.8 Å². The molecule has 1 aliphatic rings. The predicted octanol–water partition coefficient (Wildman–Crippen LogP) is 4.58. The van der Waals surface area contributed by atoms with Crippen LogP contribution in [0.2, 0.25) is 5.02 Å². The lowest BCUT2D eigenvalue weighted by atomic mass is 10.2. The maximum Gasteiger partial charge on any atom is 0.306 e. The third-order valence-corrected chi connectivity index (χ3v) is 4.57. The van der Waals surface area contributed by atoms with Gasteiger partial charge in [-0.3, -0.25) is 4.79 Å². The van der Waals surface area contributed by atoms with Gasteiger partial charge in [-0.15, -0.1) is 0 Å². The second-order valence-electron chi connectivity index (χ2n) is 6.36. The van der Waals surface area contributed by atoms with Gasteiger partial charge in [-0.25, -0.2) is 9.37 Å². The van der Waals surface area contributed by atoms with Gasteiger partial charge in [0.25, 0.3) is 0 Å². The van der Waals surface area contributed by atoms with Crippen molar-refractivity contribution in [1.82, 2.24) is 4.98 Å². The number of benzene rings is 2. The van der Waals surface area contributed by atoms with E-state index in [0.29, 0.717) is 52.5 Å². The molecule has 0 fully saturated rings. The van der Waals surface area contributed by atoms with E-state index in [2.05, 4.69) is 4.98 Å². The standard InChI is InChI=1S/C21H17ClFNO5/c22-15-9-13(10-17-21(15)27-8-7-26-17)12-28-20(25)6-5-19-24-11-18(29-19)14-3-1-2-4-16(14)23/h1-4,9-11H,5-8,12H2. The van der Waals surface area contributed by atoms with Crippen LogP contribution < -0.4 is 9.47 Å². The zero-order valence-corrected chi connectivity index (χ0v) is 16.1. The molecule has 0 saturated heterocycles. The van der Waals surface area contributed by atoms with E-state index in [1.165, 1.54) is 12.3 Å². The van der Waals surface area contributed by atoms with Gasteiger partial charge in [0.05, 0.1) is 23.2 Å². The summed E-state index contributed by atoms with van der Waals surface area (Å²) in [5.41, 5.74) is 1.02. The Kier molecular flexibility index (Phi) is 5.67. The Morgan fingerprint density at radius 3 is 2.90 bits per heavy atom. The Hall–Kier alpha value is -3.06. The van der Waals surface area contributed by atoms with Crippen LogP contribution in [0.5, 0.6) is 11.5 Å². The normalized spacial score (nSPS) is 12.6. The van der Waals surface area contributed by atoms with E-state index in [1.807, 2.05) is 0 Å². The molecule has 2 aromatic carbocycles. The smallest absolute Gasteiger partial charge is 0.306 e. The second kappa shape index (κ2) is 8.53. The van der Waals surface area contributed by atoms with E-state index < -0.39 is 11.8 Å². The number of aryl methyl sites for hydroxylation is 1. The number of fused-ring (bicyclic) bond motifs is 1.